The fourth-order valence-corrected chi connectivity index (χ4v) is 5.13. The quantitative estimate of drug-likeness (QED) is 0.836. The zero-order chi connectivity index (χ0) is 17.4. The van der Waals surface area contributed by atoms with E-state index in [9.17, 15) is 9.59 Å². The normalized spacial score (nSPS) is 30.6. The molecule has 0 aromatic carbocycles. The molecule has 3 heterocycles. The molecule has 5 nitrogen and oxygen atoms in total. The van der Waals surface area contributed by atoms with Crippen molar-refractivity contribution in [2.75, 3.05) is 34.2 Å². The zero-order valence-electron chi connectivity index (χ0n) is 14.9. The van der Waals surface area contributed by atoms with Gasteiger partial charge in [-0.25, -0.2) is 0 Å². The molecule has 0 unspecified atom stereocenters. The van der Waals surface area contributed by atoms with Gasteiger partial charge in [0, 0.05) is 37.5 Å². The molecule has 4 atom stereocenters. The minimum absolute atomic E-state index is 0.0714. The third-order valence-electron chi connectivity index (χ3n) is 5.64. The molecule has 24 heavy (non-hydrogen) atoms. The van der Waals surface area contributed by atoms with Crippen molar-refractivity contribution in [3.63, 3.8) is 0 Å². The topological polar surface area (TPSA) is 43.9 Å². The first kappa shape index (κ1) is 17.4. The number of amides is 2. The molecule has 2 saturated heterocycles. The van der Waals surface area contributed by atoms with E-state index < -0.39 is 0 Å². The zero-order valence-corrected chi connectivity index (χ0v) is 15.8. The standard InChI is InChI=1S/C18H27N3O2S/c1-5-12-10-21(11-14(12)19(2)3)18(23)13-9-16(22)20(4)17(13)15-7-6-8-24-15/h6-8,12-14,17H,5,9-11H2,1-4H3/t12-,13-,14+,17+/m1/s1. The van der Waals surface area contributed by atoms with Crippen LogP contribution in [0, 0.1) is 11.8 Å². The van der Waals surface area contributed by atoms with Crippen LogP contribution in [-0.4, -0.2) is 66.8 Å². The maximum atomic E-state index is 13.2. The molecule has 0 radical (unpaired) electrons. The van der Waals surface area contributed by atoms with Crippen molar-refractivity contribution in [2.24, 2.45) is 11.8 Å². The summed E-state index contributed by atoms with van der Waals surface area (Å²) >= 11 is 1.63. The number of likely N-dealkylation sites (tertiary alicyclic amines) is 2. The lowest BCUT2D eigenvalue weighted by Gasteiger charge is -2.27. The summed E-state index contributed by atoms with van der Waals surface area (Å²) in [5.41, 5.74) is 0. The molecule has 3 rings (SSSR count). The van der Waals surface area contributed by atoms with Crippen molar-refractivity contribution in [3.8, 4) is 0 Å². The Labute approximate surface area is 148 Å². The van der Waals surface area contributed by atoms with E-state index in [4.69, 9.17) is 0 Å². The van der Waals surface area contributed by atoms with Crippen molar-refractivity contribution in [3.05, 3.63) is 22.4 Å². The van der Waals surface area contributed by atoms with Gasteiger partial charge >= 0.3 is 0 Å². The highest BCUT2D eigenvalue weighted by atomic mass is 32.1. The highest BCUT2D eigenvalue weighted by molar-refractivity contribution is 7.10. The number of carbonyl (C=O) groups is 2. The van der Waals surface area contributed by atoms with E-state index in [2.05, 4.69) is 25.9 Å². The van der Waals surface area contributed by atoms with Gasteiger partial charge in [-0.1, -0.05) is 19.4 Å². The summed E-state index contributed by atoms with van der Waals surface area (Å²) < 4.78 is 0. The van der Waals surface area contributed by atoms with Crippen LogP contribution in [0.4, 0.5) is 0 Å². The number of hydrogen-bond donors (Lipinski definition) is 0. The number of hydrogen-bond acceptors (Lipinski definition) is 4. The summed E-state index contributed by atoms with van der Waals surface area (Å²) in [6, 6.07) is 4.33. The predicted molar refractivity (Wildman–Crippen MR) is 95.8 cm³/mol. The van der Waals surface area contributed by atoms with E-state index in [1.807, 2.05) is 29.5 Å². The van der Waals surface area contributed by atoms with Crippen LogP contribution in [0.2, 0.25) is 0 Å². The molecule has 2 fully saturated rings. The Kier molecular flexibility index (Phi) is 4.97. The summed E-state index contributed by atoms with van der Waals surface area (Å²) in [6.07, 6.45) is 1.41. The number of thiophene rings is 1. The van der Waals surface area contributed by atoms with Crippen molar-refractivity contribution in [1.82, 2.24) is 14.7 Å². The molecule has 0 aliphatic carbocycles. The Morgan fingerprint density at radius 1 is 1.38 bits per heavy atom. The number of nitrogens with zero attached hydrogens (tertiary/aromatic N) is 3. The minimum Gasteiger partial charge on any atom is -0.340 e. The van der Waals surface area contributed by atoms with Crippen LogP contribution in [0.5, 0.6) is 0 Å². The average Bonchev–Trinajstić information content (AvgIpc) is 3.26. The minimum atomic E-state index is -0.250. The first-order valence-electron chi connectivity index (χ1n) is 8.68. The van der Waals surface area contributed by atoms with E-state index >= 15 is 0 Å². The number of carbonyl (C=O) groups excluding carboxylic acids is 2. The second-order valence-electron chi connectivity index (χ2n) is 7.22. The van der Waals surface area contributed by atoms with Crippen molar-refractivity contribution in [1.29, 1.82) is 0 Å². The van der Waals surface area contributed by atoms with Crippen LogP contribution in [0.25, 0.3) is 0 Å². The molecule has 0 spiro atoms. The van der Waals surface area contributed by atoms with Gasteiger partial charge in [0.1, 0.15) is 0 Å². The summed E-state index contributed by atoms with van der Waals surface area (Å²) in [7, 11) is 5.99. The lowest BCUT2D eigenvalue weighted by molar-refractivity contribution is -0.135. The first-order valence-corrected chi connectivity index (χ1v) is 9.56. The van der Waals surface area contributed by atoms with Gasteiger partial charge < -0.3 is 14.7 Å². The van der Waals surface area contributed by atoms with Crippen molar-refractivity contribution < 1.29 is 9.59 Å². The first-order chi connectivity index (χ1) is 11.4. The summed E-state index contributed by atoms with van der Waals surface area (Å²) in [5.74, 6) is 0.481. The molecule has 6 heteroatoms. The maximum Gasteiger partial charge on any atom is 0.228 e. The highest BCUT2D eigenvalue weighted by Gasteiger charge is 2.46. The summed E-state index contributed by atoms with van der Waals surface area (Å²) in [5, 5.41) is 2.01. The van der Waals surface area contributed by atoms with Crippen LogP contribution in [0.15, 0.2) is 17.5 Å². The lowest BCUT2D eigenvalue weighted by Crippen LogP contribution is -2.39. The molecule has 1 aromatic heterocycles. The Morgan fingerprint density at radius 2 is 2.12 bits per heavy atom. The number of rotatable bonds is 4. The Balaban J connectivity index is 1.80. The maximum absolute atomic E-state index is 13.2. The monoisotopic (exact) mass is 349 g/mol. The lowest BCUT2D eigenvalue weighted by atomic mass is 9.97. The van der Waals surface area contributed by atoms with E-state index in [1.54, 1.807) is 16.2 Å². The van der Waals surface area contributed by atoms with Crippen LogP contribution >= 0.6 is 11.3 Å². The average molecular weight is 350 g/mol. The summed E-state index contributed by atoms with van der Waals surface area (Å²) in [6.45, 7) is 3.77. The molecule has 132 valence electrons. The molecule has 1 aromatic rings. The van der Waals surface area contributed by atoms with Crippen molar-refractivity contribution in [2.45, 2.75) is 31.8 Å². The Bertz CT molecular complexity index is 601. The smallest absolute Gasteiger partial charge is 0.228 e. The Hall–Kier alpha value is -1.40. The van der Waals surface area contributed by atoms with Crippen LogP contribution in [0.3, 0.4) is 0 Å². The van der Waals surface area contributed by atoms with Gasteiger partial charge in [-0.15, -0.1) is 11.3 Å². The second kappa shape index (κ2) is 6.84. The molecule has 2 aliphatic heterocycles. The summed E-state index contributed by atoms with van der Waals surface area (Å²) in [4.78, 5) is 32.5. The highest BCUT2D eigenvalue weighted by Crippen LogP contribution is 2.40. The van der Waals surface area contributed by atoms with E-state index in [0.717, 1.165) is 24.4 Å². The fourth-order valence-electron chi connectivity index (χ4n) is 4.19. The van der Waals surface area contributed by atoms with Gasteiger partial charge in [-0.2, -0.15) is 0 Å². The van der Waals surface area contributed by atoms with E-state index in [1.165, 1.54) is 0 Å². The third-order valence-corrected chi connectivity index (χ3v) is 6.59. The fraction of sp³-hybridized carbons (Fsp3) is 0.667. The molecule has 0 saturated carbocycles. The number of likely N-dealkylation sites (N-methyl/N-ethyl adjacent to an activating group) is 1. The van der Waals surface area contributed by atoms with Gasteiger partial charge in [-0.05, 0) is 31.5 Å². The molecule has 0 N–H and O–H groups in total. The van der Waals surface area contributed by atoms with Crippen LogP contribution in [0.1, 0.15) is 30.7 Å². The molecule has 2 amide bonds. The molecule has 2 aliphatic rings. The molecular weight excluding hydrogens is 322 g/mol. The van der Waals surface area contributed by atoms with E-state index in [0.29, 0.717) is 18.4 Å². The predicted octanol–water partition coefficient (Wildman–Crippen LogP) is 2.07. The van der Waals surface area contributed by atoms with Crippen LogP contribution < -0.4 is 0 Å². The van der Waals surface area contributed by atoms with Gasteiger partial charge in [0.2, 0.25) is 11.8 Å². The molecular formula is C18H27N3O2S. The third kappa shape index (κ3) is 2.97. The van der Waals surface area contributed by atoms with Crippen molar-refractivity contribution >= 4 is 23.2 Å². The Morgan fingerprint density at radius 3 is 2.67 bits per heavy atom. The van der Waals surface area contributed by atoms with Gasteiger partial charge in [-0.3, -0.25) is 9.59 Å². The van der Waals surface area contributed by atoms with Gasteiger partial charge in [0.15, 0.2) is 0 Å². The van der Waals surface area contributed by atoms with E-state index in [-0.39, 0.29) is 23.8 Å². The van der Waals surface area contributed by atoms with Crippen LogP contribution in [-0.2, 0) is 9.59 Å². The van der Waals surface area contributed by atoms with Gasteiger partial charge in [0.05, 0.1) is 12.0 Å². The SMILES string of the molecule is CC[C@@H]1CN(C(=O)[C@@H]2CC(=O)N(C)[C@@H]2c2cccs2)C[C@@H]1N(C)C. The largest absolute Gasteiger partial charge is 0.340 e. The molecule has 0 bridgehead atoms. The van der Waals surface area contributed by atoms with Gasteiger partial charge in [0.25, 0.3) is 0 Å². The second-order valence-corrected chi connectivity index (χ2v) is 8.20.